The van der Waals surface area contributed by atoms with Crippen LogP contribution in [0.25, 0.3) is 0 Å². The van der Waals surface area contributed by atoms with Crippen molar-refractivity contribution in [2.75, 3.05) is 5.32 Å². The average molecular weight is 265 g/mol. The Morgan fingerprint density at radius 1 is 0.947 bits per heavy atom. The zero-order valence-electron chi connectivity index (χ0n) is 10.0. The van der Waals surface area contributed by atoms with Gasteiger partial charge in [-0.05, 0) is 31.2 Å². The molecule has 0 aromatic heterocycles. The van der Waals surface area contributed by atoms with Crippen molar-refractivity contribution < 1.29 is 18.0 Å². The molecule has 0 spiro atoms. The Morgan fingerprint density at radius 2 is 1.63 bits per heavy atom. The maximum absolute atomic E-state index is 13.5. The first kappa shape index (κ1) is 13.1. The highest BCUT2D eigenvalue weighted by molar-refractivity contribution is 6.04. The molecule has 0 fully saturated rings. The standard InChI is InChI=1S/C14H10F3NO/c1-8-2-4-11(15)10(6-8)14(19)18-9-3-5-12(16)13(17)7-9/h2-7H,1H3,(H,18,19). The Morgan fingerprint density at radius 3 is 2.32 bits per heavy atom. The van der Waals surface area contributed by atoms with Crippen LogP contribution in [-0.4, -0.2) is 5.91 Å². The minimum atomic E-state index is -1.08. The summed E-state index contributed by atoms with van der Waals surface area (Å²) in [6.45, 7) is 1.72. The van der Waals surface area contributed by atoms with Crippen LogP contribution >= 0.6 is 0 Å². The molecule has 1 N–H and O–H groups in total. The molecule has 19 heavy (non-hydrogen) atoms. The third-order valence-electron chi connectivity index (χ3n) is 2.54. The van der Waals surface area contributed by atoms with Crippen molar-refractivity contribution in [2.45, 2.75) is 6.92 Å². The van der Waals surface area contributed by atoms with Gasteiger partial charge in [0.05, 0.1) is 5.56 Å². The van der Waals surface area contributed by atoms with Gasteiger partial charge in [-0.25, -0.2) is 13.2 Å². The van der Waals surface area contributed by atoms with Gasteiger partial charge in [-0.2, -0.15) is 0 Å². The van der Waals surface area contributed by atoms with Crippen LogP contribution in [-0.2, 0) is 0 Å². The van der Waals surface area contributed by atoms with E-state index in [0.29, 0.717) is 0 Å². The van der Waals surface area contributed by atoms with E-state index in [1.54, 1.807) is 6.92 Å². The molecule has 2 aromatic rings. The lowest BCUT2D eigenvalue weighted by Gasteiger charge is -2.07. The Kier molecular flexibility index (Phi) is 3.55. The molecule has 0 heterocycles. The normalized spacial score (nSPS) is 10.3. The van der Waals surface area contributed by atoms with Crippen LogP contribution in [0.4, 0.5) is 18.9 Å². The van der Waals surface area contributed by atoms with E-state index in [2.05, 4.69) is 5.32 Å². The minimum absolute atomic E-state index is 0.0600. The largest absolute Gasteiger partial charge is 0.322 e. The van der Waals surface area contributed by atoms with Crippen LogP contribution in [0.2, 0.25) is 0 Å². The maximum atomic E-state index is 13.5. The van der Waals surface area contributed by atoms with Crippen molar-refractivity contribution in [1.82, 2.24) is 0 Å². The van der Waals surface area contributed by atoms with Crippen molar-refractivity contribution >= 4 is 11.6 Å². The molecular formula is C14H10F3NO. The van der Waals surface area contributed by atoms with E-state index >= 15 is 0 Å². The number of rotatable bonds is 2. The topological polar surface area (TPSA) is 29.1 Å². The third kappa shape index (κ3) is 2.93. The number of hydrogen-bond acceptors (Lipinski definition) is 1. The second-order valence-corrected chi connectivity index (χ2v) is 4.07. The lowest BCUT2D eigenvalue weighted by atomic mass is 10.1. The second-order valence-electron chi connectivity index (χ2n) is 4.07. The van der Waals surface area contributed by atoms with Gasteiger partial charge in [0, 0.05) is 11.8 Å². The molecule has 1 amide bonds. The SMILES string of the molecule is Cc1ccc(F)c(C(=O)Nc2ccc(F)c(F)c2)c1. The molecule has 0 saturated heterocycles. The fraction of sp³-hybridized carbons (Fsp3) is 0.0714. The number of hydrogen-bond donors (Lipinski definition) is 1. The maximum Gasteiger partial charge on any atom is 0.258 e. The fourth-order valence-electron chi connectivity index (χ4n) is 1.59. The van der Waals surface area contributed by atoms with E-state index in [0.717, 1.165) is 17.7 Å². The van der Waals surface area contributed by atoms with Crippen LogP contribution in [0.5, 0.6) is 0 Å². The van der Waals surface area contributed by atoms with E-state index in [9.17, 15) is 18.0 Å². The summed E-state index contributed by atoms with van der Waals surface area (Å²) in [7, 11) is 0. The molecule has 0 saturated carbocycles. The number of nitrogens with one attached hydrogen (secondary N) is 1. The summed E-state index contributed by atoms with van der Waals surface area (Å²) >= 11 is 0. The Balaban J connectivity index is 2.25. The summed E-state index contributed by atoms with van der Waals surface area (Å²) < 4.78 is 39.2. The smallest absolute Gasteiger partial charge is 0.258 e. The molecule has 0 aliphatic heterocycles. The third-order valence-corrected chi connectivity index (χ3v) is 2.54. The lowest BCUT2D eigenvalue weighted by Crippen LogP contribution is -2.14. The van der Waals surface area contributed by atoms with Gasteiger partial charge in [0.2, 0.25) is 0 Å². The highest BCUT2D eigenvalue weighted by Gasteiger charge is 2.13. The predicted molar refractivity (Wildman–Crippen MR) is 65.4 cm³/mol. The van der Waals surface area contributed by atoms with Gasteiger partial charge in [0.15, 0.2) is 11.6 Å². The fourth-order valence-corrected chi connectivity index (χ4v) is 1.59. The lowest BCUT2D eigenvalue weighted by molar-refractivity contribution is 0.102. The summed E-state index contributed by atoms with van der Waals surface area (Å²) in [5.74, 6) is -3.49. The summed E-state index contributed by atoms with van der Waals surface area (Å²) in [5, 5.41) is 2.31. The van der Waals surface area contributed by atoms with Gasteiger partial charge in [-0.3, -0.25) is 4.79 Å². The monoisotopic (exact) mass is 265 g/mol. The predicted octanol–water partition coefficient (Wildman–Crippen LogP) is 3.66. The van der Waals surface area contributed by atoms with Gasteiger partial charge in [-0.1, -0.05) is 11.6 Å². The summed E-state index contributed by atoms with van der Waals surface area (Å²) in [4.78, 5) is 11.8. The van der Waals surface area contributed by atoms with Crippen molar-refractivity contribution in [3.8, 4) is 0 Å². The van der Waals surface area contributed by atoms with E-state index in [1.807, 2.05) is 0 Å². The second kappa shape index (κ2) is 5.14. The molecule has 0 aliphatic carbocycles. The molecule has 0 atom stereocenters. The highest BCUT2D eigenvalue weighted by atomic mass is 19.2. The van der Waals surface area contributed by atoms with Crippen LogP contribution in [0.3, 0.4) is 0 Å². The molecule has 5 heteroatoms. The summed E-state index contributed by atoms with van der Waals surface area (Å²) in [5.41, 5.74) is 0.631. The number of amides is 1. The first-order valence-electron chi connectivity index (χ1n) is 5.50. The molecular weight excluding hydrogens is 255 g/mol. The van der Waals surface area contributed by atoms with Crippen LogP contribution in [0, 0.1) is 24.4 Å². The van der Waals surface area contributed by atoms with E-state index in [-0.39, 0.29) is 11.3 Å². The van der Waals surface area contributed by atoms with Gasteiger partial charge in [-0.15, -0.1) is 0 Å². The van der Waals surface area contributed by atoms with Crippen molar-refractivity contribution in [3.63, 3.8) is 0 Å². The molecule has 2 nitrogen and oxygen atoms in total. The van der Waals surface area contributed by atoms with Crippen LogP contribution in [0.1, 0.15) is 15.9 Å². The van der Waals surface area contributed by atoms with E-state index < -0.39 is 23.4 Å². The molecule has 0 aliphatic rings. The average Bonchev–Trinajstić information content (AvgIpc) is 2.36. The first-order valence-corrected chi connectivity index (χ1v) is 5.50. The number of anilines is 1. The number of carbonyl (C=O) groups is 1. The number of aryl methyl sites for hydroxylation is 1. The van der Waals surface area contributed by atoms with Gasteiger partial charge in [0.1, 0.15) is 5.82 Å². The quantitative estimate of drug-likeness (QED) is 0.882. The summed E-state index contributed by atoms with van der Waals surface area (Å²) in [6.07, 6.45) is 0. The highest BCUT2D eigenvalue weighted by Crippen LogP contribution is 2.16. The molecule has 2 rings (SSSR count). The zero-order valence-corrected chi connectivity index (χ0v) is 10.0. The molecule has 0 unspecified atom stereocenters. The van der Waals surface area contributed by atoms with Crippen molar-refractivity contribution in [3.05, 3.63) is 65.0 Å². The molecule has 0 bridgehead atoms. The molecule has 98 valence electrons. The Labute approximate surface area is 107 Å². The molecule has 0 radical (unpaired) electrons. The minimum Gasteiger partial charge on any atom is -0.322 e. The van der Waals surface area contributed by atoms with Crippen molar-refractivity contribution in [2.24, 2.45) is 0 Å². The number of benzene rings is 2. The first-order chi connectivity index (χ1) is 8.97. The number of carbonyl (C=O) groups excluding carboxylic acids is 1. The summed E-state index contributed by atoms with van der Waals surface area (Å²) in [6, 6.07) is 7.01. The van der Waals surface area contributed by atoms with Crippen LogP contribution < -0.4 is 5.32 Å². The Bertz CT molecular complexity index is 641. The van der Waals surface area contributed by atoms with Crippen LogP contribution in [0.15, 0.2) is 36.4 Å². The number of halogens is 3. The Hall–Kier alpha value is -2.30. The van der Waals surface area contributed by atoms with Gasteiger partial charge < -0.3 is 5.32 Å². The van der Waals surface area contributed by atoms with Gasteiger partial charge in [0.25, 0.3) is 5.91 Å². The molecule has 2 aromatic carbocycles. The van der Waals surface area contributed by atoms with E-state index in [4.69, 9.17) is 0 Å². The van der Waals surface area contributed by atoms with Crippen molar-refractivity contribution in [1.29, 1.82) is 0 Å². The zero-order chi connectivity index (χ0) is 14.0. The van der Waals surface area contributed by atoms with Gasteiger partial charge >= 0.3 is 0 Å². The van der Waals surface area contributed by atoms with E-state index in [1.165, 1.54) is 24.3 Å².